The molecule has 0 aromatic heterocycles. The molecule has 0 aromatic carbocycles. The Hall–Kier alpha value is -0.510. The van der Waals surface area contributed by atoms with Gasteiger partial charge in [-0.25, -0.2) is 0 Å². The van der Waals surface area contributed by atoms with Crippen molar-refractivity contribution in [3.8, 4) is 6.07 Å². The first-order valence-electron chi connectivity index (χ1n) is 5.29. The van der Waals surface area contributed by atoms with E-state index in [0.29, 0.717) is 11.3 Å². The van der Waals surface area contributed by atoms with E-state index < -0.39 is 0 Å². The van der Waals surface area contributed by atoms with Crippen LogP contribution in [0, 0.1) is 28.1 Å². The van der Waals surface area contributed by atoms with E-state index in [1.165, 1.54) is 25.7 Å². The maximum atomic E-state index is 9.03. The molecule has 0 unspecified atom stereocenters. The largest absolute Gasteiger partial charge is 0.198 e. The molecule has 1 saturated carbocycles. The van der Waals surface area contributed by atoms with Crippen molar-refractivity contribution in [2.75, 3.05) is 0 Å². The summed E-state index contributed by atoms with van der Waals surface area (Å²) < 4.78 is 0. The number of nitriles is 1. The highest BCUT2D eigenvalue weighted by molar-refractivity contribution is 4.98. The Bertz CT molecular complexity index is 210. The van der Waals surface area contributed by atoms with Gasteiger partial charge in [0.25, 0.3) is 0 Å². The lowest BCUT2D eigenvalue weighted by atomic mass is 9.65. The van der Waals surface area contributed by atoms with Gasteiger partial charge < -0.3 is 0 Å². The van der Waals surface area contributed by atoms with Crippen molar-refractivity contribution < 1.29 is 0 Å². The van der Waals surface area contributed by atoms with Crippen LogP contribution in [0.2, 0.25) is 0 Å². The third-order valence-corrected chi connectivity index (χ3v) is 3.65. The highest BCUT2D eigenvalue weighted by Crippen LogP contribution is 2.44. The third-order valence-electron chi connectivity index (χ3n) is 3.65. The van der Waals surface area contributed by atoms with Crippen LogP contribution in [0.1, 0.15) is 53.4 Å². The maximum absolute atomic E-state index is 9.03. The molecule has 0 aromatic rings. The topological polar surface area (TPSA) is 23.8 Å². The molecule has 0 N–H and O–H groups in total. The van der Waals surface area contributed by atoms with Crippen LogP contribution in [0.4, 0.5) is 0 Å². The van der Waals surface area contributed by atoms with Gasteiger partial charge >= 0.3 is 0 Å². The van der Waals surface area contributed by atoms with Crippen molar-refractivity contribution >= 4 is 0 Å². The molecular formula is C12H21N. The summed E-state index contributed by atoms with van der Waals surface area (Å²) in [6, 6.07) is 2.44. The second-order valence-corrected chi connectivity index (χ2v) is 5.77. The molecule has 74 valence electrons. The molecule has 1 aliphatic carbocycles. The van der Waals surface area contributed by atoms with E-state index in [1.807, 2.05) is 0 Å². The second kappa shape index (κ2) is 3.33. The molecule has 1 fully saturated rings. The van der Waals surface area contributed by atoms with E-state index in [0.717, 1.165) is 0 Å². The van der Waals surface area contributed by atoms with Gasteiger partial charge in [0, 0.05) is 0 Å². The van der Waals surface area contributed by atoms with Crippen molar-refractivity contribution in [1.82, 2.24) is 0 Å². The van der Waals surface area contributed by atoms with E-state index in [2.05, 4.69) is 33.8 Å². The van der Waals surface area contributed by atoms with Crippen LogP contribution in [-0.4, -0.2) is 0 Å². The second-order valence-electron chi connectivity index (χ2n) is 5.77. The molecule has 0 bridgehead atoms. The Kier molecular flexibility index (Phi) is 2.71. The summed E-state index contributed by atoms with van der Waals surface area (Å²) in [5.41, 5.74) is 0.401. The summed E-state index contributed by atoms with van der Waals surface area (Å²) in [5, 5.41) is 9.03. The first-order valence-corrected chi connectivity index (χ1v) is 5.29. The van der Waals surface area contributed by atoms with Gasteiger partial charge in [0.2, 0.25) is 0 Å². The smallest absolute Gasteiger partial charge is 0.0686 e. The SMILES string of the molecule is CC1(C)CCC(C(C)(C)C#N)CC1. The molecule has 1 rings (SSSR count). The van der Waals surface area contributed by atoms with Crippen LogP contribution in [0.3, 0.4) is 0 Å². The monoisotopic (exact) mass is 179 g/mol. The Morgan fingerprint density at radius 3 is 2.08 bits per heavy atom. The van der Waals surface area contributed by atoms with E-state index in [-0.39, 0.29) is 5.41 Å². The van der Waals surface area contributed by atoms with Gasteiger partial charge in [-0.3, -0.25) is 0 Å². The van der Waals surface area contributed by atoms with Gasteiger partial charge in [-0.05, 0) is 50.9 Å². The van der Waals surface area contributed by atoms with Crippen LogP contribution < -0.4 is 0 Å². The molecule has 0 radical (unpaired) electrons. The fourth-order valence-electron chi connectivity index (χ4n) is 2.21. The van der Waals surface area contributed by atoms with Gasteiger partial charge in [0.15, 0.2) is 0 Å². The predicted octanol–water partition coefficient (Wildman–Crippen LogP) is 3.75. The van der Waals surface area contributed by atoms with Gasteiger partial charge in [0.05, 0.1) is 11.5 Å². The summed E-state index contributed by atoms with van der Waals surface area (Å²) >= 11 is 0. The van der Waals surface area contributed by atoms with Crippen molar-refractivity contribution in [3.63, 3.8) is 0 Å². The van der Waals surface area contributed by atoms with E-state index in [9.17, 15) is 0 Å². The maximum Gasteiger partial charge on any atom is 0.0686 e. The Balaban J connectivity index is 2.56. The molecule has 1 nitrogen and oxygen atoms in total. The van der Waals surface area contributed by atoms with Crippen molar-refractivity contribution in [2.24, 2.45) is 16.7 Å². The molecule has 1 aliphatic rings. The molecule has 13 heavy (non-hydrogen) atoms. The van der Waals surface area contributed by atoms with Crippen LogP contribution in [0.5, 0.6) is 0 Å². The van der Waals surface area contributed by atoms with Crippen LogP contribution in [-0.2, 0) is 0 Å². The average molecular weight is 179 g/mol. The first kappa shape index (κ1) is 10.6. The molecule has 0 atom stereocenters. The van der Waals surface area contributed by atoms with Gasteiger partial charge in [-0.15, -0.1) is 0 Å². The highest BCUT2D eigenvalue weighted by atomic mass is 14.4. The standard InChI is InChI=1S/C12H21N/c1-11(2)7-5-10(6-8-11)12(3,4)9-13/h10H,5-8H2,1-4H3. The summed E-state index contributed by atoms with van der Waals surface area (Å²) in [6.07, 6.45) is 5.02. The number of rotatable bonds is 1. The lowest BCUT2D eigenvalue weighted by molar-refractivity contribution is 0.132. The minimum absolute atomic E-state index is 0.115. The quantitative estimate of drug-likeness (QED) is 0.601. The first-order chi connectivity index (χ1) is 5.87. The fraction of sp³-hybridized carbons (Fsp3) is 0.917. The number of hydrogen-bond acceptors (Lipinski definition) is 1. The number of hydrogen-bond donors (Lipinski definition) is 0. The Morgan fingerprint density at radius 1 is 1.23 bits per heavy atom. The highest BCUT2D eigenvalue weighted by Gasteiger charge is 2.35. The molecule has 0 saturated heterocycles. The minimum Gasteiger partial charge on any atom is -0.198 e. The molecular weight excluding hydrogens is 158 g/mol. The molecule has 0 amide bonds. The molecule has 1 heteroatoms. The summed E-state index contributed by atoms with van der Waals surface area (Å²) in [5.74, 6) is 0.616. The lowest BCUT2D eigenvalue weighted by Crippen LogP contribution is -2.30. The van der Waals surface area contributed by atoms with E-state index in [1.54, 1.807) is 0 Å². The Labute approximate surface area is 82.1 Å². The molecule has 0 aliphatic heterocycles. The van der Waals surface area contributed by atoms with Crippen LogP contribution in [0.25, 0.3) is 0 Å². The summed E-state index contributed by atoms with van der Waals surface area (Å²) in [6.45, 7) is 8.83. The Morgan fingerprint density at radius 2 is 1.69 bits per heavy atom. The zero-order valence-electron chi connectivity index (χ0n) is 9.35. The minimum atomic E-state index is -0.115. The summed E-state index contributed by atoms with van der Waals surface area (Å²) in [7, 11) is 0. The van der Waals surface area contributed by atoms with Gasteiger partial charge in [0.1, 0.15) is 0 Å². The zero-order valence-corrected chi connectivity index (χ0v) is 9.35. The summed E-state index contributed by atoms with van der Waals surface area (Å²) in [4.78, 5) is 0. The average Bonchev–Trinajstić information content (AvgIpc) is 2.04. The molecule has 0 heterocycles. The van der Waals surface area contributed by atoms with Crippen LogP contribution in [0.15, 0.2) is 0 Å². The normalized spacial score (nSPS) is 23.9. The van der Waals surface area contributed by atoms with Crippen molar-refractivity contribution in [2.45, 2.75) is 53.4 Å². The zero-order chi connectivity index (χ0) is 10.1. The predicted molar refractivity (Wildman–Crippen MR) is 55.1 cm³/mol. The van der Waals surface area contributed by atoms with E-state index in [4.69, 9.17) is 5.26 Å². The molecule has 0 spiro atoms. The van der Waals surface area contributed by atoms with Crippen molar-refractivity contribution in [1.29, 1.82) is 5.26 Å². The van der Waals surface area contributed by atoms with Gasteiger partial charge in [-0.2, -0.15) is 5.26 Å². The van der Waals surface area contributed by atoms with Crippen molar-refractivity contribution in [3.05, 3.63) is 0 Å². The third kappa shape index (κ3) is 2.46. The lowest BCUT2D eigenvalue weighted by Gasteiger charge is -2.39. The number of nitrogens with zero attached hydrogens (tertiary/aromatic N) is 1. The van der Waals surface area contributed by atoms with Crippen LogP contribution >= 0.6 is 0 Å². The van der Waals surface area contributed by atoms with Gasteiger partial charge in [-0.1, -0.05) is 13.8 Å². The fourth-order valence-corrected chi connectivity index (χ4v) is 2.21. The van der Waals surface area contributed by atoms with E-state index >= 15 is 0 Å².